The molecule has 1 amide bonds. The van der Waals surface area contributed by atoms with E-state index >= 15 is 0 Å². The van der Waals surface area contributed by atoms with Gasteiger partial charge in [0.15, 0.2) is 5.75 Å². The molecule has 2 atom stereocenters. The lowest BCUT2D eigenvalue weighted by atomic mass is 9.98. The molecule has 1 aromatic rings. The van der Waals surface area contributed by atoms with E-state index in [2.05, 4.69) is 0 Å². The molecule has 0 bridgehead atoms. The highest BCUT2D eigenvalue weighted by Crippen LogP contribution is 2.35. The number of hydrogen-bond acceptors (Lipinski definition) is 4. The van der Waals surface area contributed by atoms with Crippen molar-refractivity contribution in [3.05, 3.63) is 23.8 Å². The normalized spacial score (nSPS) is 16.6. The quantitative estimate of drug-likeness (QED) is 0.877. The molecule has 1 heterocycles. The van der Waals surface area contributed by atoms with Crippen LogP contribution in [-0.4, -0.2) is 36.2 Å². The highest BCUT2D eigenvalue weighted by atomic mass is 16.5. The summed E-state index contributed by atoms with van der Waals surface area (Å²) in [7, 11) is 0. The standard InChI is InChI=1S/C15H20N2O4/c1-3-9(2)12(16)14(18)17-7-8-21-13-10(15(19)20)5-4-6-11(13)17/h4-6,9,12H,3,7-8,16H2,1-2H3,(H,19,20)/t9?,12-/m0/s1. The van der Waals surface area contributed by atoms with Gasteiger partial charge in [0.05, 0.1) is 18.3 Å². The maximum atomic E-state index is 12.5. The first-order valence-electron chi connectivity index (χ1n) is 7.03. The summed E-state index contributed by atoms with van der Waals surface area (Å²) in [6, 6.07) is 4.15. The molecule has 0 spiro atoms. The maximum Gasteiger partial charge on any atom is 0.339 e. The molecule has 0 saturated heterocycles. The van der Waals surface area contributed by atoms with Crippen molar-refractivity contribution in [2.75, 3.05) is 18.1 Å². The van der Waals surface area contributed by atoms with Crippen molar-refractivity contribution in [2.45, 2.75) is 26.3 Å². The zero-order valence-electron chi connectivity index (χ0n) is 12.2. The number of aromatic carboxylic acids is 1. The van der Waals surface area contributed by atoms with E-state index < -0.39 is 12.0 Å². The van der Waals surface area contributed by atoms with Crippen molar-refractivity contribution in [3.63, 3.8) is 0 Å². The minimum Gasteiger partial charge on any atom is -0.489 e. The summed E-state index contributed by atoms with van der Waals surface area (Å²) < 4.78 is 5.45. The number of carbonyl (C=O) groups excluding carboxylic acids is 1. The summed E-state index contributed by atoms with van der Waals surface area (Å²) in [5, 5.41) is 9.19. The van der Waals surface area contributed by atoms with Gasteiger partial charge in [0.25, 0.3) is 0 Å². The van der Waals surface area contributed by atoms with E-state index in [1.807, 2.05) is 13.8 Å². The second-order valence-corrected chi connectivity index (χ2v) is 5.21. The lowest BCUT2D eigenvalue weighted by molar-refractivity contribution is -0.121. The first-order chi connectivity index (χ1) is 9.97. The Morgan fingerprint density at radius 1 is 1.48 bits per heavy atom. The van der Waals surface area contributed by atoms with Crippen LogP contribution < -0.4 is 15.4 Å². The van der Waals surface area contributed by atoms with E-state index in [4.69, 9.17) is 10.5 Å². The van der Waals surface area contributed by atoms with Gasteiger partial charge in [0.2, 0.25) is 5.91 Å². The van der Waals surface area contributed by atoms with Crippen LogP contribution in [0.4, 0.5) is 5.69 Å². The van der Waals surface area contributed by atoms with Gasteiger partial charge in [-0.05, 0) is 18.1 Å². The van der Waals surface area contributed by atoms with Crippen molar-refractivity contribution in [1.29, 1.82) is 0 Å². The van der Waals surface area contributed by atoms with Gasteiger partial charge in [0.1, 0.15) is 12.2 Å². The Bertz CT molecular complexity index is 559. The van der Waals surface area contributed by atoms with Crippen LogP contribution in [0.5, 0.6) is 5.75 Å². The Morgan fingerprint density at radius 2 is 2.19 bits per heavy atom. The molecule has 3 N–H and O–H groups in total. The smallest absolute Gasteiger partial charge is 0.339 e. The summed E-state index contributed by atoms with van der Waals surface area (Å²) in [5.74, 6) is -0.976. The number of amides is 1. The lowest BCUT2D eigenvalue weighted by Gasteiger charge is -2.33. The van der Waals surface area contributed by atoms with Crippen LogP contribution in [0.25, 0.3) is 0 Å². The largest absolute Gasteiger partial charge is 0.489 e. The number of para-hydroxylation sites is 1. The number of benzene rings is 1. The Labute approximate surface area is 123 Å². The van der Waals surface area contributed by atoms with Gasteiger partial charge in [-0.3, -0.25) is 4.79 Å². The molecule has 1 unspecified atom stereocenters. The minimum absolute atomic E-state index is 0.0575. The maximum absolute atomic E-state index is 12.5. The molecular weight excluding hydrogens is 272 g/mol. The zero-order chi connectivity index (χ0) is 15.6. The molecule has 0 saturated carbocycles. The summed E-state index contributed by atoms with van der Waals surface area (Å²) in [5.41, 5.74) is 6.54. The molecule has 0 aliphatic carbocycles. The van der Waals surface area contributed by atoms with Crippen LogP contribution in [0.2, 0.25) is 0 Å². The van der Waals surface area contributed by atoms with Crippen LogP contribution in [0.15, 0.2) is 18.2 Å². The van der Waals surface area contributed by atoms with Gasteiger partial charge >= 0.3 is 5.97 Å². The minimum atomic E-state index is -1.08. The molecule has 0 fully saturated rings. The molecule has 114 valence electrons. The fourth-order valence-electron chi connectivity index (χ4n) is 2.32. The van der Waals surface area contributed by atoms with Crippen LogP contribution in [0.1, 0.15) is 30.6 Å². The average Bonchev–Trinajstić information content (AvgIpc) is 2.51. The van der Waals surface area contributed by atoms with E-state index in [1.165, 1.54) is 11.0 Å². The Balaban J connectivity index is 2.37. The molecule has 2 rings (SSSR count). The van der Waals surface area contributed by atoms with Crippen LogP contribution in [0, 0.1) is 5.92 Å². The molecule has 1 aliphatic heterocycles. The highest BCUT2D eigenvalue weighted by Gasteiger charge is 2.31. The third-order valence-electron chi connectivity index (χ3n) is 3.88. The van der Waals surface area contributed by atoms with Gasteiger partial charge in [-0.25, -0.2) is 4.79 Å². The van der Waals surface area contributed by atoms with Crippen LogP contribution in [-0.2, 0) is 4.79 Å². The Morgan fingerprint density at radius 3 is 2.81 bits per heavy atom. The number of rotatable bonds is 4. The fraction of sp³-hybridized carbons (Fsp3) is 0.467. The monoisotopic (exact) mass is 292 g/mol. The van der Waals surface area contributed by atoms with Crippen molar-refractivity contribution < 1.29 is 19.4 Å². The molecule has 1 aliphatic rings. The first kappa shape index (κ1) is 15.3. The van der Waals surface area contributed by atoms with E-state index in [0.717, 1.165) is 6.42 Å². The van der Waals surface area contributed by atoms with Gasteiger partial charge in [-0.1, -0.05) is 26.3 Å². The number of carboxylic acids is 1. The molecule has 0 radical (unpaired) electrons. The molecule has 6 heteroatoms. The summed E-state index contributed by atoms with van der Waals surface area (Å²) in [4.78, 5) is 25.3. The van der Waals surface area contributed by atoms with E-state index in [9.17, 15) is 14.7 Å². The van der Waals surface area contributed by atoms with Gasteiger partial charge in [-0.2, -0.15) is 0 Å². The number of anilines is 1. The topological polar surface area (TPSA) is 92.9 Å². The summed E-state index contributed by atoms with van der Waals surface area (Å²) >= 11 is 0. The van der Waals surface area contributed by atoms with Crippen molar-refractivity contribution in [3.8, 4) is 5.75 Å². The van der Waals surface area contributed by atoms with Gasteiger partial charge < -0.3 is 20.5 Å². The highest BCUT2D eigenvalue weighted by molar-refractivity contribution is 6.02. The Hall–Kier alpha value is -2.08. The number of fused-ring (bicyclic) bond motifs is 1. The van der Waals surface area contributed by atoms with Crippen molar-refractivity contribution in [2.24, 2.45) is 11.7 Å². The van der Waals surface area contributed by atoms with Crippen LogP contribution >= 0.6 is 0 Å². The number of nitrogens with zero attached hydrogens (tertiary/aromatic N) is 1. The summed E-state index contributed by atoms with van der Waals surface area (Å²) in [6.45, 7) is 4.54. The van der Waals surface area contributed by atoms with Gasteiger partial charge in [0, 0.05) is 0 Å². The van der Waals surface area contributed by atoms with E-state index in [0.29, 0.717) is 12.2 Å². The molecule has 21 heavy (non-hydrogen) atoms. The second-order valence-electron chi connectivity index (χ2n) is 5.21. The van der Waals surface area contributed by atoms with Crippen molar-refractivity contribution >= 4 is 17.6 Å². The predicted molar refractivity (Wildman–Crippen MR) is 78.7 cm³/mol. The SMILES string of the molecule is CCC(C)[C@H](N)C(=O)N1CCOc2c(C(=O)O)cccc21. The van der Waals surface area contributed by atoms with E-state index in [-0.39, 0.29) is 29.7 Å². The van der Waals surface area contributed by atoms with Gasteiger partial charge in [-0.15, -0.1) is 0 Å². The third-order valence-corrected chi connectivity index (χ3v) is 3.88. The van der Waals surface area contributed by atoms with E-state index in [1.54, 1.807) is 12.1 Å². The predicted octanol–water partition coefficient (Wildman–Crippen LogP) is 1.48. The first-order valence-corrected chi connectivity index (χ1v) is 7.03. The number of carboxylic acid groups (broad SMARTS) is 1. The Kier molecular flexibility index (Phi) is 4.47. The third kappa shape index (κ3) is 2.85. The number of hydrogen-bond donors (Lipinski definition) is 2. The molecular formula is C15H20N2O4. The second kappa shape index (κ2) is 6.13. The molecule has 6 nitrogen and oxygen atoms in total. The fourth-order valence-corrected chi connectivity index (χ4v) is 2.32. The number of carbonyl (C=O) groups is 2. The lowest BCUT2D eigenvalue weighted by Crippen LogP contribution is -2.49. The summed E-state index contributed by atoms with van der Waals surface area (Å²) in [6.07, 6.45) is 0.805. The zero-order valence-corrected chi connectivity index (χ0v) is 12.2. The molecule has 1 aromatic carbocycles. The average molecular weight is 292 g/mol. The molecule has 0 aromatic heterocycles. The number of ether oxygens (including phenoxy) is 1. The van der Waals surface area contributed by atoms with Crippen LogP contribution in [0.3, 0.4) is 0 Å². The number of nitrogens with two attached hydrogens (primary N) is 1. The van der Waals surface area contributed by atoms with Crippen molar-refractivity contribution in [1.82, 2.24) is 0 Å².